The Balaban J connectivity index is 1.22. The van der Waals surface area contributed by atoms with E-state index in [1.807, 2.05) is 6.07 Å². The van der Waals surface area contributed by atoms with E-state index in [2.05, 4.69) is 15.6 Å². The molecule has 3 aliphatic heterocycles. The fraction of sp³-hybridized carbons (Fsp3) is 0.333. The maximum absolute atomic E-state index is 15.8. The number of imide groups is 1. The van der Waals surface area contributed by atoms with Crippen molar-refractivity contribution in [1.82, 2.24) is 19.8 Å². The quantitative estimate of drug-likeness (QED) is 0.239. The van der Waals surface area contributed by atoms with Gasteiger partial charge in [-0.2, -0.15) is 5.26 Å². The number of amides is 3. The lowest BCUT2D eigenvalue weighted by Crippen LogP contribution is -2.64. The first-order valence-electron chi connectivity index (χ1n) is 16.5. The number of hydrogen-bond acceptors (Lipinski definition) is 10. The zero-order valence-corrected chi connectivity index (χ0v) is 28.7. The second-order valence-corrected chi connectivity index (χ2v) is 13.4. The van der Waals surface area contributed by atoms with Crippen molar-refractivity contribution in [3.63, 3.8) is 0 Å². The lowest BCUT2D eigenvalue weighted by molar-refractivity contribution is -0.122. The van der Waals surface area contributed by atoms with Gasteiger partial charge >= 0.3 is 0 Å². The molecule has 2 aromatic carbocycles. The zero-order valence-electron chi connectivity index (χ0n) is 28.0. The Morgan fingerprint density at radius 3 is 2.44 bits per heavy atom. The van der Waals surface area contributed by atoms with Crippen molar-refractivity contribution in [2.24, 2.45) is 11.8 Å². The molecule has 3 aliphatic rings. The van der Waals surface area contributed by atoms with Gasteiger partial charge in [0.2, 0.25) is 0 Å². The van der Waals surface area contributed by atoms with Crippen LogP contribution in [0.3, 0.4) is 0 Å². The summed E-state index contributed by atoms with van der Waals surface area (Å²) in [5.74, 6) is -6.55. The molecule has 2 fully saturated rings. The number of nitrogens with one attached hydrogen (secondary N) is 2. The van der Waals surface area contributed by atoms with Gasteiger partial charge in [-0.15, -0.1) is 0 Å². The SMILES string of the molecule is CNC(=O)COc1cc2cc(Nc3nc(N4CC(C)C(F)(F)C(N5C(=O)c6ccccc6C5=O)C4)c(C#N)cc3Cl)ccc2n(CC2COC2)c1=O. The molecule has 3 amide bonds. The van der Waals surface area contributed by atoms with Crippen LogP contribution in [0, 0.1) is 23.2 Å². The highest BCUT2D eigenvalue weighted by Gasteiger charge is 2.57. The third kappa shape index (κ3) is 6.07. The number of nitrogens with zero attached hydrogens (tertiary/aromatic N) is 5. The third-order valence-electron chi connectivity index (χ3n) is 9.61. The molecule has 13 nitrogen and oxygen atoms in total. The second-order valence-electron chi connectivity index (χ2n) is 13.0. The number of nitriles is 1. The smallest absolute Gasteiger partial charge is 0.293 e. The number of pyridine rings is 2. The number of aromatic nitrogens is 2. The van der Waals surface area contributed by atoms with Gasteiger partial charge < -0.3 is 29.6 Å². The number of alkyl halides is 2. The molecule has 0 bridgehead atoms. The number of likely N-dealkylation sites (N-methyl/N-ethyl adjacent to an activating group) is 1. The first-order chi connectivity index (χ1) is 24.9. The fourth-order valence-corrected chi connectivity index (χ4v) is 6.92. The minimum atomic E-state index is -3.44. The molecule has 0 spiro atoms. The van der Waals surface area contributed by atoms with Gasteiger partial charge in [0.15, 0.2) is 18.2 Å². The largest absolute Gasteiger partial charge is 0.478 e. The number of piperidine rings is 1. The van der Waals surface area contributed by atoms with Gasteiger partial charge in [-0.3, -0.25) is 24.1 Å². The Hall–Kier alpha value is -5.59. The van der Waals surface area contributed by atoms with E-state index in [1.54, 1.807) is 34.9 Å². The van der Waals surface area contributed by atoms with Crippen molar-refractivity contribution >= 4 is 57.5 Å². The summed E-state index contributed by atoms with van der Waals surface area (Å²) >= 11 is 6.59. The molecule has 0 saturated carbocycles. The lowest BCUT2D eigenvalue weighted by Gasteiger charge is -2.45. The highest BCUT2D eigenvalue weighted by molar-refractivity contribution is 6.33. The first-order valence-corrected chi connectivity index (χ1v) is 16.8. The van der Waals surface area contributed by atoms with E-state index in [0.29, 0.717) is 41.2 Å². The maximum Gasteiger partial charge on any atom is 0.293 e. The summed E-state index contributed by atoms with van der Waals surface area (Å²) < 4.78 is 44.2. The summed E-state index contributed by atoms with van der Waals surface area (Å²) in [4.78, 5) is 58.5. The number of carbonyl (C=O) groups excluding carboxylic acids is 3. The molecule has 0 radical (unpaired) electrons. The number of rotatable bonds is 9. The summed E-state index contributed by atoms with van der Waals surface area (Å²) in [7, 11) is 1.46. The molecule has 268 valence electrons. The summed E-state index contributed by atoms with van der Waals surface area (Å²) in [6.45, 7) is 1.64. The van der Waals surface area contributed by atoms with Gasteiger partial charge in [-0.05, 0) is 42.5 Å². The van der Waals surface area contributed by atoms with Crippen molar-refractivity contribution < 1.29 is 32.6 Å². The van der Waals surface area contributed by atoms with Crippen LogP contribution in [0.5, 0.6) is 5.75 Å². The molecule has 5 heterocycles. The minimum Gasteiger partial charge on any atom is -0.478 e. The summed E-state index contributed by atoms with van der Waals surface area (Å²) in [6.07, 6.45) is 0. The number of ether oxygens (including phenoxy) is 2. The van der Waals surface area contributed by atoms with Gasteiger partial charge in [-0.1, -0.05) is 30.7 Å². The number of halogens is 3. The molecule has 4 aromatic rings. The number of carbonyl (C=O) groups is 3. The standard InChI is InChI=1S/C36H32ClF2N7O6/c1-19-13-44(15-29(36(19,38)39)46-33(48)24-5-3-4-6-25(24)34(46)49)32-22(12-40)10-26(37)31(43-32)42-23-7-8-27-21(9-23)11-28(52-18-30(47)41-2)35(50)45(27)14-20-16-51-17-20/h3-11,19-20,29H,13-18H2,1-2H3,(H,41,47)(H,42,43). The number of fused-ring (bicyclic) bond motifs is 2. The average molecular weight is 732 g/mol. The first kappa shape index (κ1) is 34.8. The van der Waals surface area contributed by atoms with Crippen LogP contribution >= 0.6 is 11.6 Å². The van der Waals surface area contributed by atoms with E-state index in [9.17, 15) is 24.4 Å². The molecule has 7 rings (SSSR count). The molecular weight excluding hydrogens is 700 g/mol. The predicted molar refractivity (Wildman–Crippen MR) is 186 cm³/mol. The Morgan fingerprint density at radius 2 is 1.81 bits per heavy atom. The van der Waals surface area contributed by atoms with Gasteiger partial charge in [-0.25, -0.2) is 13.8 Å². The Bertz CT molecular complexity index is 2200. The van der Waals surface area contributed by atoms with Gasteiger partial charge in [0.25, 0.3) is 29.2 Å². The van der Waals surface area contributed by atoms with Crippen molar-refractivity contribution in [2.75, 3.05) is 50.2 Å². The highest BCUT2D eigenvalue weighted by atomic mass is 35.5. The van der Waals surface area contributed by atoms with Crippen molar-refractivity contribution in [3.8, 4) is 11.8 Å². The van der Waals surface area contributed by atoms with Crippen LogP contribution in [0.4, 0.5) is 26.1 Å². The molecule has 52 heavy (non-hydrogen) atoms. The van der Waals surface area contributed by atoms with E-state index in [0.717, 1.165) is 0 Å². The zero-order chi connectivity index (χ0) is 36.9. The van der Waals surface area contributed by atoms with Crippen LogP contribution in [-0.4, -0.2) is 84.1 Å². The molecule has 16 heteroatoms. The summed E-state index contributed by atoms with van der Waals surface area (Å²) in [6, 6.07) is 14.2. The molecule has 0 aliphatic carbocycles. The van der Waals surface area contributed by atoms with Crippen LogP contribution in [0.15, 0.2) is 59.4 Å². The van der Waals surface area contributed by atoms with Crippen molar-refractivity contribution in [1.29, 1.82) is 5.26 Å². The van der Waals surface area contributed by atoms with E-state index < -0.39 is 47.7 Å². The van der Waals surface area contributed by atoms with Crippen molar-refractivity contribution in [2.45, 2.75) is 25.4 Å². The maximum atomic E-state index is 15.8. The van der Waals surface area contributed by atoms with Gasteiger partial charge in [0.1, 0.15) is 17.9 Å². The van der Waals surface area contributed by atoms with Crippen molar-refractivity contribution in [3.05, 3.63) is 86.7 Å². The third-order valence-corrected chi connectivity index (χ3v) is 9.90. The van der Waals surface area contributed by atoms with E-state index in [-0.39, 0.29) is 58.2 Å². The van der Waals surface area contributed by atoms with Gasteiger partial charge in [0.05, 0.1) is 40.4 Å². The van der Waals surface area contributed by atoms with Crippen LogP contribution in [0.2, 0.25) is 5.02 Å². The van der Waals surface area contributed by atoms with Crippen LogP contribution in [-0.2, 0) is 16.1 Å². The minimum absolute atomic E-state index is 0.00878. The molecule has 2 aromatic heterocycles. The Labute approximate surface area is 300 Å². The van der Waals surface area contributed by atoms with E-state index in [1.165, 1.54) is 43.1 Å². The van der Waals surface area contributed by atoms with Crippen LogP contribution in [0.1, 0.15) is 33.2 Å². The lowest BCUT2D eigenvalue weighted by atomic mass is 9.89. The number of anilines is 3. The highest BCUT2D eigenvalue weighted by Crippen LogP contribution is 2.42. The average Bonchev–Trinajstić information content (AvgIpc) is 3.36. The molecule has 2 atom stereocenters. The van der Waals surface area contributed by atoms with E-state index >= 15 is 8.78 Å². The summed E-state index contributed by atoms with van der Waals surface area (Å²) in [5.41, 5.74) is 0.805. The van der Waals surface area contributed by atoms with E-state index in [4.69, 9.17) is 21.1 Å². The molecule has 2 saturated heterocycles. The molecule has 2 unspecified atom stereocenters. The summed E-state index contributed by atoms with van der Waals surface area (Å²) in [5, 5.41) is 16.3. The number of hydrogen-bond donors (Lipinski definition) is 2. The van der Waals surface area contributed by atoms with Gasteiger partial charge in [0, 0.05) is 49.6 Å². The Morgan fingerprint density at radius 1 is 1.10 bits per heavy atom. The monoisotopic (exact) mass is 731 g/mol. The molecular formula is C36H32ClF2N7O6. The van der Waals surface area contributed by atoms with Crippen LogP contribution < -0.4 is 25.8 Å². The number of benzene rings is 2. The predicted octanol–water partition coefficient (Wildman–Crippen LogP) is 4.19. The fourth-order valence-electron chi connectivity index (χ4n) is 6.72. The van der Waals surface area contributed by atoms with Crippen LogP contribution in [0.25, 0.3) is 10.9 Å². The second kappa shape index (κ2) is 13.5. The topological polar surface area (TPSA) is 159 Å². The normalized spacial score (nSPS) is 19.6. The Kier molecular flexibility index (Phi) is 9.05. The molecule has 2 N–H and O–H groups in total.